The van der Waals surface area contributed by atoms with E-state index in [4.69, 9.17) is 10.1 Å². The molecule has 0 saturated heterocycles. The number of aryl methyl sites for hydroxylation is 1. The summed E-state index contributed by atoms with van der Waals surface area (Å²) in [5.41, 5.74) is 3.58. The summed E-state index contributed by atoms with van der Waals surface area (Å²) in [5, 5.41) is 11.1. The first kappa shape index (κ1) is 25.3. The SMILES string of the molecule is CCOC(=O)CCc1cccc(NS(=O)(=O)c2cccc(-c3cccc(NC(=N)SC)c3)c2)c1. The first-order valence-electron chi connectivity index (χ1n) is 10.7. The molecule has 0 fully saturated rings. The van der Waals surface area contributed by atoms with Crippen LogP contribution in [0.2, 0.25) is 0 Å². The second kappa shape index (κ2) is 11.7. The molecule has 0 heterocycles. The summed E-state index contributed by atoms with van der Waals surface area (Å²) in [6.45, 7) is 2.09. The highest BCUT2D eigenvalue weighted by Gasteiger charge is 2.16. The number of carbonyl (C=O) groups is 1. The highest BCUT2D eigenvalue weighted by molar-refractivity contribution is 8.13. The van der Waals surface area contributed by atoms with Gasteiger partial charge in [0, 0.05) is 17.8 Å². The lowest BCUT2D eigenvalue weighted by atomic mass is 10.1. The van der Waals surface area contributed by atoms with Gasteiger partial charge in [0.15, 0.2) is 5.17 Å². The Hall–Kier alpha value is -3.30. The first-order valence-corrected chi connectivity index (χ1v) is 13.4. The zero-order valence-electron chi connectivity index (χ0n) is 19.0. The highest BCUT2D eigenvalue weighted by Crippen LogP contribution is 2.26. The van der Waals surface area contributed by atoms with Crippen molar-refractivity contribution in [1.82, 2.24) is 0 Å². The Balaban J connectivity index is 1.78. The maximum atomic E-state index is 13.1. The number of esters is 1. The van der Waals surface area contributed by atoms with Gasteiger partial charge in [0.25, 0.3) is 10.0 Å². The number of carbonyl (C=O) groups excluding carboxylic acids is 1. The second-order valence-electron chi connectivity index (χ2n) is 7.38. The third kappa shape index (κ3) is 7.10. The van der Waals surface area contributed by atoms with Gasteiger partial charge in [-0.15, -0.1) is 0 Å². The van der Waals surface area contributed by atoms with Gasteiger partial charge in [-0.2, -0.15) is 0 Å². The lowest BCUT2D eigenvalue weighted by molar-refractivity contribution is -0.143. The Kier molecular flexibility index (Phi) is 8.72. The number of hydrogen-bond donors (Lipinski definition) is 3. The van der Waals surface area contributed by atoms with E-state index < -0.39 is 10.0 Å². The van der Waals surface area contributed by atoms with E-state index in [1.165, 1.54) is 11.8 Å². The smallest absolute Gasteiger partial charge is 0.306 e. The Labute approximate surface area is 204 Å². The van der Waals surface area contributed by atoms with Gasteiger partial charge < -0.3 is 10.1 Å². The van der Waals surface area contributed by atoms with Crippen molar-refractivity contribution in [3.05, 3.63) is 78.4 Å². The van der Waals surface area contributed by atoms with E-state index in [0.29, 0.717) is 23.9 Å². The summed E-state index contributed by atoms with van der Waals surface area (Å²) in [6.07, 6.45) is 2.51. The molecule has 0 unspecified atom stereocenters. The molecule has 0 spiro atoms. The van der Waals surface area contributed by atoms with Gasteiger partial charge in [-0.05, 0) is 72.7 Å². The summed E-state index contributed by atoms with van der Waals surface area (Å²) in [5.74, 6) is -0.283. The number of thioether (sulfide) groups is 1. The highest BCUT2D eigenvalue weighted by atomic mass is 32.2. The predicted molar refractivity (Wildman–Crippen MR) is 139 cm³/mol. The lowest BCUT2D eigenvalue weighted by Gasteiger charge is -2.12. The Morgan fingerprint density at radius 3 is 2.38 bits per heavy atom. The molecule has 0 aliphatic heterocycles. The minimum atomic E-state index is -3.83. The van der Waals surface area contributed by atoms with Crippen molar-refractivity contribution in [3.8, 4) is 11.1 Å². The molecule has 3 rings (SSSR count). The third-order valence-electron chi connectivity index (χ3n) is 4.90. The van der Waals surface area contributed by atoms with Crippen LogP contribution in [0.5, 0.6) is 0 Å². The molecule has 0 aromatic heterocycles. The Morgan fingerprint density at radius 2 is 1.65 bits per heavy atom. The molecule has 0 aliphatic rings. The van der Waals surface area contributed by atoms with Crippen molar-refractivity contribution in [3.63, 3.8) is 0 Å². The van der Waals surface area contributed by atoms with Crippen molar-refractivity contribution in [2.24, 2.45) is 0 Å². The molecule has 0 aliphatic carbocycles. The number of ether oxygens (including phenoxy) is 1. The number of anilines is 2. The molecular weight excluding hydrogens is 470 g/mol. The van der Waals surface area contributed by atoms with Crippen molar-refractivity contribution in [2.75, 3.05) is 22.9 Å². The van der Waals surface area contributed by atoms with Crippen molar-refractivity contribution in [1.29, 1.82) is 5.41 Å². The summed E-state index contributed by atoms with van der Waals surface area (Å²) < 4.78 is 33.7. The predicted octanol–water partition coefficient (Wildman–Crippen LogP) is 5.36. The molecular formula is C25H27N3O4S2. The Morgan fingerprint density at radius 1 is 0.971 bits per heavy atom. The van der Waals surface area contributed by atoms with E-state index in [0.717, 1.165) is 22.4 Å². The van der Waals surface area contributed by atoms with E-state index in [2.05, 4.69) is 10.0 Å². The first-order chi connectivity index (χ1) is 16.3. The van der Waals surface area contributed by atoms with E-state index in [-0.39, 0.29) is 17.3 Å². The zero-order chi connectivity index (χ0) is 24.6. The van der Waals surface area contributed by atoms with Gasteiger partial charge in [0.2, 0.25) is 0 Å². The lowest BCUT2D eigenvalue weighted by Crippen LogP contribution is -2.13. The largest absolute Gasteiger partial charge is 0.466 e. The summed E-state index contributed by atoms with van der Waals surface area (Å²) in [4.78, 5) is 11.7. The van der Waals surface area contributed by atoms with Crippen LogP contribution in [0.1, 0.15) is 18.9 Å². The van der Waals surface area contributed by atoms with Gasteiger partial charge in [0.05, 0.1) is 11.5 Å². The summed E-state index contributed by atoms with van der Waals surface area (Å²) in [6, 6.07) is 21.1. The standard InChI is InChI=1S/C25H27N3O4S2/c1-3-32-24(29)14-13-18-7-4-11-22(15-18)28-34(30,31)23-12-6-9-20(17-23)19-8-5-10-21(16-19)27-25(26)33-2/h4-12,15-17,28H,3,13-14H2,1-2H3,(H2,26,27). The van der Waals surface area contributed by atoms with Crippen LogP contribution in [0.25, 0.3) is 11.1 Å². The molecule has 0 bridgehead atoms. The normalized spacial score (nSPS) is 11.0. The van der Waals surface area contributed by atoms with Crippen LogP contribution in [-0.2, 0) is 26.0 Å². The van der Waals surface area contributed by atoms with Gasteiger partial charge in [0.1, 0.15) is 0 Å². The number of hydrogen-bond acceptors (Lipinski definition) is 6. The van der Waals surface area contributed by atoms with Crippen LogP contribution in [0.15, 0.2) is 77.7 Å². The zero-order valence-corrected chi connectivity index (χ0v) is 20.6. The van der Waals surface area contributed by atoms with E-state index >= 15 is 0 Å². The molecule has 34 heavy (non-hydrogen) atoms. The molecule has 178 valence electrons. The van der Waals surface area contributed by atoms with Gasteiger partial charge in [-0.25, -0.2) is 8.42 Å². The third-order valence-corrected chi connectivity index (χ3v) is 6.79. The fraction of sp³-hybridized carbons (Fsp3) is 0.200. The van der Waals surface area contributed by atoms with Crippen LogP contribution < -0.4 is 10.0 Å². The van der Waals surface area contributed by atoms with Crippen LogP contribution in [0, 0.1) is 5.41 Å². The van der Waals surface area contributed by atoms with E-state index in [9.17, 15) is 13.2 Å². The molecule has 9 heteroatoms. The fourth-order valence-corrected chi connectivity index (χ4v) is 4.60. The number of nitrogens with one attached hydrogen (secondary N) is 3. The van der Waals surface area contributed by atoms with Gasteiger partial charge in [-0.1, -0.05) is 48.2 Å². The molecule has 0 amide bonds. The van der Waals surface area contributed by atoms with Crippen LogP contribution in [0.4, 0.5) is 11.4 Å². The van der Waals surface area contributed by atoms with Crippen LogP contribution in [0.3, 0.4) is 0 Å². The number of amidine groups is 1. The molecule has 0 saturated carbocycles. The molecule has 3 N–H and O–H groups in total. The quantitative estimate of drug-likeness (QED) is 0.209. The molecule has 3 aromatic carbocycles. The second-order valence-corrected chi connectivity index (χ2v) is 9.88. The maximum absolute atomic E-state index is 13.1. The van der Waals surface area contributed by atoms with Gasteiger partial charge in [-0.3, -0.25) is 14.9 Å². The van der Waals surface area contributed by atoms with Crippen molar-refractivity contribution < 1.29 is 17.9 Å². The maximum Gasteiger partial charge on any atom is 0.306 e. The molecule has 0 atom stereocenters. The number of sulfonamides is 1. The summed E-state index contributed by atoms with van der Waals surface area (Å²) >= 11 is 1.30. The number of benzene rings is 3. The summed E-state index contributed by atoms with van der Waals surface area (Å²) in [7, 11) is -3.83. The fourth-order valence-electron chi connectivity index (χ4n) is 3.29. The monoisotopic (exact) mass is 497 g/mol. The van der Waals surface area contributed by atoms with Crippen molar-refractivity contribution >= 4 is 44.3 Å². The van der Waals surface area contributed by atoms with Crippen LogP contribution in [-0.4, -0.2) is 32.4 Å². The minimum absolute atomic E-state index is 0.136. The van der Waals surface area contributed by atoms with Gasteiger partial charge >= 0.3 is 5.97 Å². The van der Waals surface area contributed by atoms with E-state index in [1.54, 1.807) is 43.3 Å². The van der Waals surface area contributed by atoms with E-state index in [1.807, 2.05) is 42.7 Å². The molecule has 3 aromatic rings. The molecule has 7 nitrogen and oxygen atoms in total. The average molecular weight is 498 g/mol. The minimum Gasteiger partial charge on any atom is -0.466 e. The van der Waals surface area contributed by atoms with Crippen LogP contribution >= 0.6 is 11.8 Å². The topological polar surface area (TPSA) is 108 Å². The number of rotatable bonds is 9. The van der Waals surface area contributed by atoms with Crippen molar-refractivity contribution in [2.45, 2.75) is 24.7 Å². The molecule has 0 radical (unpaired) electrons. The Bertz CT molecular complexity index is 1280. The average Bonchev–Trinajstić information content (AvgIpc) is 2.83.